The standard InChI is InChI=1S/C8H17NS/c1-8-5-3-2-4-6-9(10)7-8/h8,10H,2-7H2,1H3. The average Bonchev–Trinajstić information content (AvgIpc) is 1.83. The summed E-state index contributed by atoms with van der Waals surface area (Å²) in [7, 11) is 0. The molecule has 0 aromatic carbocycles. The van der Waals surface area contributed by atoms with E-state index in [-0.39, 0.29) is 0 Å². The van der Waals surface area contributed by atoms with Crippen molar-refractivity contribution in [3.8, 4) is 0 Å². The Bertz CT molecular complexity index is 85.3. The summed E-state index contributed by atoms with van der Waals surface area (Å²) in [6.45, 7) is 4.66. The zero-order valence-corrected chi connectivity index (χ0v) is 7.61. The summed E-state index contributed by atoms with van der Waals surface area (Å²) in [5.41, 5.74) is 0. The summed E-state index contributed by atoms with van der Waals surface area (Å²) in [6, 6.07) is 0. The molecule has 1 fully saturated rings. The molecule has 0 aliphatic carbocycles. The molecule has 1 aliphatic rings. The largest absolute Gasteiger partial charge is 0.253 e. The van der Waals surface area contributed by atoms with Gasteiger partial charge in [0, 0.05) is 13.1 Å². The summed E-state index contributed by atoms with van der Waals surface area (Å²) in [5, 5.41) is 0. The van der Waals surface area contributed by atoms with E-state index in [2.05, 4.69) is 24.0 Å². The predicted molar refractivity (Wildman–Crippen MR) is 48.2 cm³/mol. The van der Waals surface area contributed by atoms with Crippen molar-refractivity contribution in [3.63, 3.8) is 0 Å². The second-order valence-corrected chi connectivity index (χ2v) is 3.93. The summed E-state index contributed by atoms with van der Waals surface area (Å²) in [5.74, 6) is 0.845. The molecule has 60 valence electrons. The van der Waals surface area contributed by atoms with Gasteiger partial charge in [-0.3, -0.25) is 4.31 Å². The van der Waals surface area contributed by atoms with Crippen LogP contribution in [-0.4, -0.2) is 17.4 Å². The maximum Gasteiger partial charge on any atom is 0.0113 e. The maximum atomic E-state index is 4.37. The van der Waals surface area contributed by atoms with Gasteiger partial charge in [0.25, 0.3) is 0 Å². The summed E-state index contributed by atoms with van der Waals surface area (Å²) >= 11 is 4.37. The van der Waals surface area contributed by atoms with E-state index in [0.717, 1.165) is 5.92 Å². The van der Waals surface area contributed by atoms with Crippen molar-refractivity contribution in [2.45, 2.75) is 32.6 Å². The molecule has 1 unspecified atom stereocenters. The third-order valence-electron chi connectivity index (χ3n) is 2.14. The first kappa shape index (κ1) is 8.41. The van der Waals surface area contributed by atoms with E-state index >= 15 is 0 Å². The van der Waals surface area contributed by atoms with Gasteiger partial charge in [0.1, 0.15) is 0 Å². The quantitative estimate of drug-likeness (QED) is 0.531. The van der Waals surface area contributed by atoms with Gasteiger partial charge in [0.05, 0.1) is 0 Å². The van der Waals surface area contributed by atoms with Crippen LogP contribution in [0.5, 0.6) is 0 Å². The SMILES string of the molecule is CC1CCCCCN(S)C1. The molecule has 0 N–H and O–H groups in total. The van der Waals surface area contributed by atoms with Crippen LogP contribution in [0.3, 0.4) is 0 Å². The van der Waals surface area contributed by atoms with Crippen molar-refractivity contribution in [3.05, 3.63) is 0 Å². The highest BCUT2D eigenvalue weighted by atomic mass is 32.1. The van der Waals surface area contributed by atoms with Crippen molar-refractivity contribution < 1.29 is 0 Å². The van der Waals surface area contributed by atoms with E-state index in [0.29, 0.717) is 0 Å². The lowest BCUT2D eigenvalue weighted by molar-refractivity contribution is 0.332. The Labute approximate surface area is 69.3 Å². The van der Waals surface area contributed by atoms with Gasteiger partial charge in [0.2, 0.25) is 0 Å². The first-order chi connectivity index (χ1) is 4.79. The molecular weight excluding hydrogens is 142 g/mol. The molecule has 0 aromatic heterocycles. The first-order valence-corrected chi connectivity index (χ1v) is 4.63. The highest BCUT2D eigenvalue weighted by molar-refractivity contribution is 7.77. The van der Waals surface area contributed by atoms with Crippen LogP contribution in [0.4, 0.5) is 0 Å². The van der Waals surface area contributed by atoms with Gasteiger partial charge in [-0.2, -0.15) is 0 Å². The van der Waals surface area contributed by atoms with Crippen molar-refractivity contribution in [1.29, 1.82) is 0 Å². The molecule has 10 heavy (non-hydrogen) atoms. The fourth-order valence-electron chi connectivity index (χ4n) is 1.51. The molecule has 2 heteroatoms. The van der Waals surface area contributed by atoms with Crippen LogP contribution < -0.4 is 0 Å². The topological polar surface area (TPSA) is 3.24 Å². The minimum atomic E-state index is 0.845. The van der Waals surface area contributed by atoms with Crippen LogP contribution in [0.25, 0.3) is 0 Å². The molecule has 1 nitrogen and oxygen atoms in total. The van der Waals surface area contributed by atoms with Gasteiger partial charge in [-0.1, -0.05) is 32.6 Å². The van der Waals surface area contributed by atoms with E-state index < -0.39 is 0 Å². The number of hydrogen-bond donors (Lipinski definition) is 1. The lowest BCUT2D eigenvalue weighted by Gasteiger charge is -2.22. The average molecular weight is 159 g/mol. The van der Waals surface area contributed by atoms with Crippen LogP contribution in [-0.2, 0) is 0 Å². The molecule has 0 spiro atoms. The monoisotopic (exact) mass is 159 g/mol. The zero-order chi connectivity index (χ0) is 7.40. The highest BCUT2D eigenvalue weighted by Crippen LogP contribution is 2.16. The third kappa shape index (κ3) is 2.93. The Morgan fingerprint density at radius 2 is 2.10 bits per heavy atom. The Balaban J connectivity index is 2.25. The molecular formula is C8H17NS. The van der Waals surface area contributed by atoms with Crippen LogP contribution in [0.15, 0.2) is 0 Å². The van der Waals surface area contributed by atoms with Crippen molar-refractivity contribution in [1.82, 2.24) is 4.31 Å². The molecule has 1 aliphatic heterocycles. The summed E-state index contributed by atoms with van der Waals surface area (Å²) in [6.07, 6.45) is 5.53. The number of nitrogens with zero attached hydrogens (tertiary/aromatic N) is 1. The van der Waals surface area contributed by atoms with E-state index in [4.69, 9.17) is 0 Å². The second-order valence-electron chi connectivity index (χ2n) is 3.37. The molecule has 0 radical (unpaired) electrons. The van der Waals surface area contributed by atoms with Gasteiger partial charge in [0.15, 0.2) is 0 Å². The summed E-state index contributed by atoms with van der Waals surface area (Å²) in [4.78, 5) is 0. The normalized spacial score (nSPS) is 31.2. The van der Waals surface area contributed by atoms with Crippen LogP contribution >= 0.6 is 12.8 Å². The van der Waals surface area contributed by atoms with E-state index in [1.807, 2.05) is 0 Å². The minimum Gasteiger partial charge on any atom is -0.253 e. The molecule has 0 bridgehead atoms. The van der Waals surface area contributed by atoms with E-state index in [9.17, 15) is 0 Å². The lowest BCUT2D eigenvalue weighted by Crippen LogP contribution is -2.22. The van der Waals surface area contributed by atoms with Crippen molar-refractivity contribution in [2.24, 2.45) is 5.92 Å². The Morgan fingerprint density at radius 1 is 1.30 bits per heavy atom. The number of thiol groups is 1. The molecule has 1 heterocycles. The number of hydrogen-bond acceptors (Lipinski definition) is 2. The Hall–Kier alpha value is 0.310. The molecule has 0 amide bonds. The minimum absolute atomic E-state index is 0.845. The maximum absolute atomic E-state index is 4.37. The van der Waals surface area contributed by atoms with Crippen LogP contribution in [0, 0.1) is 5.92 Å². The van der Waals surface area contributed by atoms with Gasteiger partial charge in [-0.05, 0) is 18.8 Å². The van der Waals surface area contributed by atoms with Crippen molar-refractivity contribution in [2.75, 3.05) is 13.1 Å². The fourth-order valence-corrected chi connectivity index (χ4v) is 1.93. The van der Waals surface area contributed by atoms with Crippen molar-refractivity contribution >= 4 is 12.8 Å². The van der Waals surface area contributed by atoms with Gasteiger partial charge in [-0.15, -0.1) is 0 Å². The summed E-state index contributed by atoms with van der Waals surface area (Å²) < 4.78 is 2.16. The molecule has 0 aromatic rings. The number of rotatable bonds is 0. The second kappa shape index (κ2) is 4.24. The fraction of sp³-hybridized carbons (Fsp3) is 1.00. The smallest absolute Gasteiger partial charge is 0.0113 e. The Kier molecular flexibility index (Phi) is 3.57. The molecule has 1 rings (SSSR count). The lowest BCUT2D eigenvalue weighted by atomic mass is 10.0. The van der Waals surface area contributed by atoms with Gasteiger partial charge in [-0.25, -0.2) is 0 Å². The zero-order valence-electron chi connectivity index (χ0n) is 6.71. The van der Waals surface area contributed by atoms with Gasteiger partial charge < -0.3 is 0 Å². The van der Waals surface area contributed by atoms with Gasteiger partial charge >= 0.3 is 0 Å². The molecule has 0 saturated carbocycles. The molecule has 1 saturated heterocycles. The molecule has 1 atom stereocenters. The first-order valence-electron chi connectivity index (χ1n) is 4.23. The Morgan fingerprint density at radius 3 is 2.90 bits per heavy atom. The highest BCUT2D eigenvalue weighted by Gasteiger charge is 2.09. The van der Waals surface area contributed by atoms with E-state index in [1.165, 1.54) is 38.8 Å². The van der Waals surface area contributed by atoms with Crippen LogP contribution in [0.1, 0.15) is 32.6 Å². The van der Waals surface area contributed by atoms with Crippen LogP contribution in [0.2, 0.25) is 0 Å². The van der Waals surface area contributed by atoms with E-state index in [1.54, 1.807) is 0 Å². The predicted octanol–water partition coefficient (Wildman–Crippen LogP) is 2.34. The third-order valence-corrected chi connectivity index (χ3v) is 2.50.